The van der Waals surface area contributed by atoms with Gasteiger partial charge in [0.1, 0.15) is 5.41 Å². The van der Waals surface area contributed by atoms with E-state index in [-0.39, 0.29) is 5.48 Å². The molecule has 0 unspecified atom stereocenters. The first-order chi connectivity index (χ1) is 5.59. The minimum atomic E-state index is -1.04. The summed E-state index contributed by atoms with van der Waals surface area (Å²) in [6, 6.07) is 0. The maximum Gasteiger partial charge on any atom is 0.233 e. The second-order valence-electron chi connectivity index (χ2n) is 3.37. The zero-order valence-corrected chi connectivity index (χ0v) is 7.51. The molecule has 76 valence electrons. The van der Waals surface area contributed by atoms with Gasteiger partial charge in [-0.15, -0.1) is 0 Å². The van der Waals surface area contributed by atoms with Crippen LogP contribution >= 0.6 is 0 Å². The number of rotatable bonds is 2. The molecule has 0 heterocycles. The first-order valence-corrected chi connectivity index (χ1v) is 4.19. The Morgan fingerprint density at radius 3 is 1.54 bits per heavy atom. The zero-order chi connectivity index (χ0) is 9.19. The lowest BCUT2D eigenvalue weighted by molar-refractivity contribution is -0.141. The number of primary amides is 2. The Kier molecular flexibility index (Phi) is 3.87. The highest BCUT2D eigenvalue weighted by atomic mass is 16.2. The SMILES string of the molecule is NC(=O)C1(C(N)=O)CCCCC1.O. The van der Waals surface area contributed by atoms with Crippen LogP contribution in [-0.4, -0.2) is 17.3 Å². The summed E-state index contributed by atoms with van der Waals surface area (Å²) in [5, 5.41) is 0. The summed E-state index contributed by atoms with van der Waals surface area (Å²) >= 11 is 0. The molecule has 5 nitrogen and oxygen atoms in total. The predicted octanol–water partition coefficient (Wildman–Crippen LogP) is -0.917. The van der Waals surface area contributed by atoms with Crippen LogP contribution in [0.2, 0.25) is 0 Å². The average molecular weight is 188 g/mol. The van der Waals surface area contributed by atoms with E-state index in [0.29, 0.717) is 12.8 Å². The summed E-state index contributed by atoms with van der Waals surface area (Å²) in [4.78, 5) is 22.1. The maximum atomic E-state index is 11.0. The Balaban J connectivity index is 0.00000144. The first-order valence-electron chi connectivity index (χ1n) is 4.19. The minimum Gasteiger partial charge on any atom is -0.412 e. The van der Waals surface area contributed by atoms with Crippen molar-refractivity contribution in [3.63, 3.8) is 0 Å². The molecule has 6 N–H and O–H groups in total. The van der Waals surface area contributed by atoms with Gasteiger partial charge >= 0.3 is 0 Å². The lowest BCUT2D eigenvalue weighted by atomic mass is 9.73. The molecule has 1 aliphatic carbocycles. The van der Waals surface area contributed by atoms with Crippen molar-refractivity contribution in [2.75, 3.05) is 0 Å². The Hall–Kier alpha value is -1.10. The number of nitrogens with two attached hydrogens (primary N) is 2. The lowest BCUT2D eigenvalue weighted by Crippen LogP contribution is -2.48. The third-order valence-corrected chi connectivity index (χ3v) is 2.65. The van der Waals surface area contributed by atoms with Crippen molar-refractivity contribution in [1.29, 1.82) is 0 Å². The molecule has 0 aromatic carbocycles. The van der Waals surface area contributed by atoms with Crippen molar-refractivity contribution in [3.05, 3.63) is 0 Å². The second-order valence-corrected chi connectivity index (χ2v) is 3.37. The van der Waals surface area contributed by atoms with Crippen molar-refractivity contribution in [1.82, 2.24) is 0 Å². The molecule has 0 aromatic heterocycles. The molecule has 0 spiro atoms. The third-order valence-electron chi connectivity index (χ3n) is 2.65. The van der Waals surface area contributed by atoms with Gasteiger partial charge in [0, 0.05) is 0 Å². The molecule has 13 heavy (non-hydrogen) atoms. The first kappa shape index (κ1) is 11.9. The van der Waals surface area contributed by atoms with Crippen molar-refractivity contribution in [3.8, 4) is 0 Å². The van der Waals surface area contributed by atoms with E-state index in [0.717, 1.165) is 19.3 Å². The summed E-state index contributed by atoms with van der Waals surface area (Å²) in [7, 11) is 0. The normalized spacial score (nSPS) is 20.0. The molecular formula is C8H16N2O3. The van der Waals surface area contributed by atoms with Crippen LogP contribution in [0.1, 0.15) is 32.1 Å². The fourth-order valence-corrected chi connectivity index (χ4v) is 1.77. The van der Waals surface area contributed by atoms with E-state index in [2.05, 4.69) is 0 Å². The van der Waals surface area contributed by atoms with Crippen LogP contribution in [0.15, 0.2) is 0 Å². The lowest BCUT2D eigenvalue weighted by Gasteiger charge is -2.30. The fraction of sp³-hybridized carbons (Fsp3) is 0.750. The van der Waals surface area contributed by atoms with Crippen molar-refractivity contribution >= 4 is 11.8 Å². The number of hydrogen-bond acceptors (Lipinski definition) is 2. The molecule has 5 heteroatoms. The van der Waals surface area contributed by atoms with Gasteiger partial charge in [0.15, 0.2) is 0 Å². The number of amides is 2. The van der Waals surface area contributed by atoms with Crippen LogP contribution in [0.4, 0.5) is 0 Å². The Morgan fingerprint density at radius 2 is 1.31 bits per heavy atom. The quantitative estimate of drug-likeness (QED) is 0.545. The topological polar surface area (TPSA) is 118 Å². The maximum absolute atomic E-state index is 11.0. The summed E-state index contributed by atoms with van der Waals surface area (Å²) in [6.45, 7) is 0. The van der Waals surface area contributed by atoms with Crippen molar-refractivity contribution in [2.45, 2.75) is 32.1 Å². The third kappa shape index (κ3) is 1.98. The van der Waals surface area contributed by atoms with Crippen LogP contribution in [-0.2, 0) is 9.59 Å². The van der Waals surface area contributed by atoms with Crippen LogP contribution in [0.5, 0.6) is 0 Å². The van der Waals surface area contributed by atoms with E-state index in [1.807, 2.05) is 0 Å². The van der Waals surface area contributed by atoms with E-state index in [1.165, 1.54) is 0 Å². The van der Waals surface area contributed by atoms with Gasteiger partial charge in [-0.25, -0.2) is 0 Å². The highest BCUT2D eigenvalue weighted by Crippen LogP contribution is 2.35. The Morgan fingerprint density at radius 1 is 0.923 bits per heavy atom. The van der Waals surface area contributed by atoms with Gasteiger partial charge in [0.05, 0.1) is 0 Å². The second kappa shape index (κ2) is 4.23. The Bertz CT molecular complexity index is 193. The highest BCUT2D eigenvalue weighted by Gasteiger charge is 2.43. The largest absolute Gasteiger partial charge is 0.412 e. The molecule has 0 bridgehead atoms. The average Bonchev–Trinajstić information content (AvgIpc) is 2.05. The van der Waals surface area contributed by atoms with Gasteiger partial charge in [-0.05, 0) is 12.8 Å². The molecule has 0 saturated heterocycles. The smallest absolute Gasteiger partial charge is 0.233 e. The van der Waals surface area contributed by atoms with E-state index < -0.39 is 17.2 Å². The minimum absolute atomic E-state index is 0. The molecule has 0 aliphatic heterocycles. The summed E-state index contributed by atoms with van der Waals surface area (Å²) in [5.74, 6) is -1.12. The number of carbonyl (C=O) groups is 2. The molecule has 1 fully saturated rings. The van der Waals surface area contributed by atoms with Crippen LogP contribution in [0, 0.1) is 5.41 Å². The van der Waals surface area contributed by atoms with Crippen LogP contribution in [0.3, 0.4) is 0 Å². The van der Waals surface area contributed by atoms with Gasteiger partial charge in [-0.1, -0.05) is 19.3 Å². The zero-order valence-electron chi connectivity index (χ0n) is 7.51. The standard InChI is InChI=1S/C8H14N2O2.H2O/c9-6(11)8(7(10)12)4-2-1-3-5-8;/h1-5H2,(H2,9,11)(H2,10,12);1H2. The Labute approximate surface area is 76.8 Å². The monoisotopic (exact) mass is 188 g/mol. The van der Waals surface area contributed by atoms with E-state index in [1.54, 1.807) is 0 Å². The van der Waals surface area contributed by atoms with Crippen LogP contribution in [0.25, 0.3) is 0 Å². The van der Waals surface area contributed by atoms with E-state index in [9.17, 15) is 9.59 Å². The van der Waals surface area contributed by atoms with Gasteiger partial charge in [0.2, 0.25) is 11.8 Å². The molecule has 1 rings (SSSR count). The fourth-order valence-electron chi connectivity index (χ4n) is 1.77. The number of hydrogen-bond donors (Lipinski definition) is 2. The van der Waals surface area contributed by atoms with Gasteiger partial charge in [0.25, 0.3) is 0 Å². The number of carbonyl (C=O) groups excluding carboxylic acids is 2. The van der Waals surface area contributed by atoms with Crippen molar-refractivity contribution in [2.24, 2.45) is 16.9 Å². The molecular weight excluding hydrogens is 172 g/mol. The van der Waals surface area contributed by atoms with Crippen molar-refractivity contribution < 1.29 is 15.1 Å². The van der Waals surface area contributed by atoms with Gasteiger partial charge in [-0.2, -0.15) is 0 Å². The molecule has 1 aliphatic rings. The predicted molar refractivity (Wildman–Crippen MR) is 47.5 cm³/mol. The van der Waals surface area contributed by atoms with Crippen LogP contribution < -0.4 is 11.5 Å². The molecule has 2 amide bonds. The molecule has 0 aromatic rings. The molecule has 0 radical (unpaired) electrons. The summed E-state index contributed by atoms with van der Waals surface area (Å²) < 4.78 is 0. The molecule has 0 atom stereocenters. The summed E-state index contributed by atoms with van der Waals surface area (Å²) in [6.07, 6.45) is 3.84. The van der Waals surface area contributed by atoms with Gasteiger partial charge < -0.3 is 16.9 Å². The van der Waals surface area contributed by atoms with Gasteiger partial charge in [-0.3, -0.25) is 9.59 Å². The van der Waals surface area contributed by atoms with E-state index >= 15 is 0 Å². The summed E-state index contributed by atoms with van der Waals surface area (Å²) in [5.41, 5.74) is 9.28. The van der Waals surface area contributed by atoms with E-state index in [4.69, 9.17) is 11.5 Å². The molecule has 1 saturated carbocycles. The highest BCUT2D eigenvalue weighted by molar-refractivity contribution is 6.03.